The van der Waals surface area contributed by atoms with Crippen molar-refractivity contribution in [2.45, 2.75) is 31.9 Å². The largest absolute Gasteiger partial charge is 0.464 e. The van der Waals surface area contributed by atoms with Crippen molar-refractivity contribution in [3.63, 3.8) is 0 Å². The van der Waals surface area contributed by atoms with Crippen LogP contribution in [0.15, 0.2) is 36.4 Å². The van der Waals surface area contributed by atoms with E-state index in [1.807, 2.05) is 37.3 Å². The first-order valence-corrected chi connectivity index (χ1v) is 8.26. The standard InChI is InChI=1S/C18H21N3O4/c1-12(16-9-6-10-25-16)19-17(22)15-11-14(18(23)24-2)20-21(15)13-7-4-3-5-8-13/h3-5,7-8,11-12,16H,6,9-10H2,1-2H3,(H,19,22)/t12-,16-/m0/s1. The zero-order valence-corrected chi connectivity index (χ0v) is 14.3. The molecule has 132 valence electrons. The highest BCUT2D eigenvalue weighted by atomic mass is 16.5. The Morgan fingerprint density at radius 1 is 1.36 bits per heavy atom. The molecule has 1 aromatic heterocycles. The number of para-hydroxylation sites is 1. The molecule has 2 heterocycles. The van der Waals surface area contributed by atoms with Gasteiger partial charge in [0.25, 0.3) is 5.91 Å². The molecule has 0 radical (unpaired) electrons. The van der Waals surface area contributed by atoms with Gasteiger partial charge in [-0.1, -0.05) is 18.2 Å². The highest BCUT2D eigenvalue weighted by molar-refractivity contribution is 5.96. The Bertz CT molecular complexity index is 751. The summed E-state index contributed by atoms with van der Waals surface area (Å²) >= 11 is 0. The number of nitrogens with zero attached hydrogens (tertiary/aromatic N) is 2. The van der Waals surface area contributed by atoms with E-state index in [1.54, 1.807) is 0 Å². The Balaban J connectivity index is 1.89. The summed E-state index contributed by atoms with van der Waals surface area (Å²) in [4.78, 5) is 24.6. The molecule has 1 amide bonds. The number of esters is 1. The molecule has 7 heteroatoms. The summed E-state index contributed by atoms with van der Waals surface area (Å²) in [5.41, 5.74) is 1.05. The number of aromatic nitrogens is 2. The molecule has 0 saturated carbocycles. The van der Waals surface area contributed by atoms with Crippen LogP contribution >= 0.6 is 0 Å². The maximum absolute atomic E-state index is 12.8. The van der Waals surface area contributed by atoms with E-state index in [0.717, 1.165) is 19.4 Å². The second-order valence-electron chi connectivity index (χ2n) is 5.97. The van der Waals surface area contributed by atoms with E-state index in [9.17, 15) is 9.59 Å². The van der Waals surface area contributed by atoms with Gasteiger partial charge in [-0.05, 0) is 31.9 Å². The van der Waals surface area contributed by atoms with E-state index >= 15 is 0 Å². The summed E-state index contributed by atoms with van der Waals surface area (Å²) in [5, 5.41) is 7.17. The van der Waals surface area contributed by atoms with Gasteiger partial charge in [0.2, 0.25) is 0 Å². The smallest absolute Gasteiger partial charge is 0.358 e. The van der Waals surface area contributed by atoms with Crippen LogP contribution in [0.1, 0.15) is 40.7 Å². The maximum Gasteiger partial charge on any atom is 0.358 e. The Kier molecular flexibility index (Phi) is 5.14. The number of nitrogens with one attached hydrogen (secondary N) is 1. The fourth-order valence-corrected chi connectivity index (χ4v) is 2.88. The molecule has 1 fully saturated rings. The molecule has 0 bridgehead atoms. The zero-order chi connectivity index (χ0) is 17.8. The molecule has 1 N–H and O–H groups in total. The van der Waals surface area contributed by atoms with Crippen molar-refractivity contribution in [1.82, 2.24) is 15.1 Å². The number of benzene rings is 1. The number of carbonyl (C=O) groups excluding carboxylic acids is 2. The van der Waals surface area contributed by atoms with Gasteiger partial charge in [0.1, 0.15) is 5.69 Å². The van der Waals surface area contributed by atoms with Crippen LogP contribution < -0.4 is 5.32 Å². The Morgan fingerprint density at radius 2 is 2.12 bits per heavy atom. The van der Waals surface area contributed by atoms with Crippen molar-refractivity contribution < 1.29 is 19.1 Å². The van der Waals surface area contributed by atoms with Gasteiger partial charge in [-0.3, -0.25) is 4.79 Å². The third-order valence-corrected chi connectivity index (χ3v) is 4.22. The summed E-state index contributed by atoms with van der Waals surface area (Å²) in [5.74, 6) is -0.898. The number of carbonyl (C=O) groups is 2. The highest BCUT2D eigenvalue weighted by Crippen LogP contribution is 2.17. The monoisotopic (exact) mass is 343 g/mol. The van der Waals surface area contributed by atoms with Crippen LogP contribution in [0.2, 0.25) is 0 Å². The van der Waals surface area contributed by atoms with Crippen LogP contribution in [-0.2, 0) is 9.47 Å². The lowest BCUT2D eigenvalue weighted by Gasteiger charge is -2.20. The topological polar surface area (TPSA) is 82.5 Å². The van der Waals surface area contributed by atoms with Crippen molar-refractivity contribution in [2.24, 2.45) is 0 Å². The predicted molar refractivity (Wildman–Crippen MR) is 90.8 cm³/mol. The lowest BCUT2D eigenvalue weighted by molar-refractivity contribution is 0.0593. The van der Waals surface area contributed by atoms with Crippen LogP contribution in [-0.4, -0.2) is 47.5 Å². The molecule has 0 aliphatic carbocycles. The number of amides is 1. The minimum absolute atomic E-state index is 0.0112. The molecule has 0 spiro atoms. The first kappa shape index (κ1) is 17.2. The summed E-state index contributed by atoms with van der Waals surface area (Å²) in [6, 6.07) is 10.5. The molecule has 2 aromatic rings. The third-order valence-electron chi connectivity index (χ3n) is 4.22. The maximum atomic E-state index is 12.8. The van der Waals surface area contributed by atoms with Crippen LogP contribution in [0, 0.1) is 0 Å². The minimum Gasteiger partial charge on any atom is -0.464 e. The lowest BCUT2D eigenvalue weighted by atomic mass is 10.1. The average molecular weight is 343 g/mol. The molecular formula is C18H21N3O4. The van der Waals surface area contributed by atoms with Crippen molar-refractivity contribution in [3.8, 4) is 5.69 Å². The first-order chi connectivity index (χ1) is 12.1. The number of hydrogen-bond acceptors (Lipinski definition) is 5. The Morgan fingerprint density at radius 3 is 2.76 bits per heavy atom. The van der Waals surface area contributed by atoms with Gasteiger partial charge in [0.05, 0.1) is 24.9 Å². The number of hydrogen-bond donors (Lipinski definition) is 1. The van der Waals surface area contributed by atoms with E-state index < -0.39 is 5.97 Å². The normalized spacial score (nSPS) is 17.9. The first-order valence-electron chi connectivity index (χ1n) is 8.26. The molecule has 3 rings (SSSR count). The SMILES string of the molecule is COC(=O)c1cc(C(=O)N[C@@H](C)[C@@H]2CCCO2)n(-c2ccccc2)n1. The number of ether oxygens (including phenoxy) is 2. The molecule has 1 aliphatic rings. The summed E-state index contributed by atoms with van der Waals surface area (Å²) in [7, 11) is 1.28. The van der Waals surface area contributed by atoms with E-state index in [0.29, 0.717) is 5.69 Å². The predicted octanol–water partition coefficient (Wildman–Crippen LogP) is 1.96. The second kappa shape index (κ2) is 7.48. The Hall–Kier alpha value is -2.67. The molecule has 7 nitrogen and oxygen atoms in total. The van der Waals surface area contributed by atoms with Crippen LogP contribution in [0.25, 0.3) is 5.69 Å². The molecule has 2 atom stereocenters. The van der Waals surface area contributed by atoms with Gasteiger partial charge in [0, 0.05) is 12.7 Å². The highest BCUT2D eigenvalue weighted by Gasteiger charge is 2.26. The van der Waals surface area contributed by atoms with E-state index in [-0.39, 0.29) is 29.4 Å². The van der Waals surface area contributed by atoms with Gasteiger partial charge >= 0.3 is 5.97 Å². The molecule has 1 saturated heterocycles. The lowest BCUT2D eigenvalue weighted by Crippen LogP contribution is -2.41. The van der Waals surface area contributed by atoms with Gasteiger partial charge < -0.3 is 14.8 Å². The summed E-state index contributed by atoms with van der Waals surface area (Å²) < 4.78 is 11.8. The van der Waals surface area contributed by atoms with Crippen molar-refractivity contribution in [3.05, 3.63) is 47.8 Å². The zero-order valence-electron chi connectivity index (χ0n) is 14.3. The summed E-state index contributed by atoms with van der Waals surface area (Å²) in [6.07, 6.45) is 1.93. The van der Waals surface area contributed by atoms with Crippen LogP contribution in [0.4, 0.5) is 0 Å². The van der Waals surface area contributed by atoms with E-state index in [1.165, 1.54) is 17.9 Å². The van der Waals surface area contributed by atoms with Gasteiger partial charge in [0.15, 0.2) is 5.69 Å². The number of methoxy groups -OCH3 is 1. The van der Waals surface area contributed by atoms with Crippen molar-refractivity contribution >= 4 is 11.9 Å². The van der Waals surface area contributed by atoms with Gasteiger partial charge in [-0.2, -0.15) is 5.10 Å². The average Bonchev–Trinajstić information content (AvgIpc) is 3.31. The molecular weight excluding hydrogens is 322 g/mol. The quantitative estimate of drug-likeness (QED) is 0.839. The minimum atomic E-state index is -0.587. The molecule has 1 aromatic carbocycles. The van der Waals surface area contributed by atoms with Crippen LogP contribution in [0.3, 0.4) is 0 Å². The fraction of sp³-hybridized carbons (Fsp3) is 0.389. The van der Waals surface area contributed by atoms with E-state index in [4.69, 9.17) is 9.47 Å². The van der Waals surface area contributed by atoms with Crippen LogP contribution in [0.5, 0.6) is 0 Å². The van der Waals surface area contributed by atoms with Gasteiger partial charge in [-0.15, -0.1) is 0 Å². The molecule has 1 aliphatic heterocycles. The van der Waals surface area contributed by atoms with E-state index in [2.05, 4.69) is 10.4 Å². The molecule has 25 heavy (non-hydrogen) atoms. The number of rotatable bonds is 5. The van der Waals surface area contributed by atoms with Crippen molar-refractivity contribution in [1.29, 1.82) is 0 Å². The fourth-order valence-electron chi connectivity index (χ4n) is 2.88. The second-order valence-corrected chi connectivity index (χ2v) is 5.97. The third kappa shape index (κ3) is 3.71. The summed E-state index contributed by atoms with van der Waals surface area (Å²) in [6.45, 7) is 2.64. The van der Waals surface area contributed by atoms with Gasteiger partial charge in [-0.25, -0.2) is 9.48 Å². The Labute approximate surface area is 145 Å². The molecule has 0 unspecified atom stereocenters. The van der Waals surface area contributed by atoms with Crippen molar-refractivity contribution in [2.75, 3.05) is 13.7 Å².